The Morgan fingerprint density at radius 1 is 1.27 bits per heavy atom. The van der Waals surface area contributed by atoms with E-state index in [1.165, 1.54) is 21.3 Å². The average Bonchev–Trinajstić information content (AvgIpc) is 3.27. The van der Waals surface area contributed by atoms with Crippen molar-refractivity contribution in [3.8, 4) is 0 Å². The van der Waals surface area contributed by atoms with Crippen molar-refractivity contribution in [1.29, 1.82) is 0 Å². The highest BCUT2D eigenvalue weighted by molar-refractivity contribution is 7.92. The Labute approximate surface area is 194 Å². The number of sulfonamides is 1. The van der Waals surface area contributed by atoms with Crippen molar-refractivity contribution < 1.29 is 32.2 Å². The van der Waals surface area contributed by atoms with Crippen molar-refractivity contribution in [3.63, 3.8) is 0 Å². The van der Waals surface area contributed by atoms with Gasteiger partial charge in [-0.25, -0.2) is 17.6 Å². The summed E-state index contributed by atoms with van der Waals surface area (Å²) in [5.74, 6) is -3.74. The molecule has 2 aliphatic heterocycles. The standard InChI is InChI=1S/C21H21ClFN3O6S/c1-33(30,31)26-6-4-14-10-17(2-3-18(14)26)25-7-5-21(29,19(25)27)32-20(28)24-12-13-8-15(22)11-16(23)9-13/h2-3,8-11,29H,4-7,12H2,1H3,(H,24,28)/t21-/m0/s1. The molecule has 2 aromatic carbocycles. The summed E-state index contributed by atoms with van der Waals surface area (Å²) in [6, 6.07) is 8.65. The zero-order valence-corrected chi connectivity index (χ0v) is 19.1. The number of carbonyl (C=O) groups is 2. The van der Waals surface area contributed by atoms with Crippen molar-refractivity contribution in [2.75, 3.05) is 28.6 Å². The van der Waals surface area contributed by atoms with Crippen LogP contribution in [-0.4, -0.2) is 50.7 Å². The molecule has 12 heteroatoms. The molecule has 1 atom stereocenters. The minimum atomic E-state index is -3.40. The number of rotatable bonds is 5. The summed E-state index contributed by atoms with van der Waals surface area (Å²) in [4.78, 5) is 26.3. The van der Waals surface area contributed by atoms with Gasteiger partial charge in [-0.15, -0.1) is 0 Å². The van der Waals surface area contributed by atoms with Gasteiger partial charge in [0.15, 0.2) is 0 Å². The van der Waals surface area contributed by atoms with Crippen LogP contribution in [-0.2, 0) is 32.5 Å². The van der Waals surface area contributed by atoms with E-state index in [0.717, 1.165) is 17.9 Å². The fourth-order valence-corrected chi connectivity index (χ4v) is 5.17. The van der Waals surface area contributed by atoms with Crippen LogP contribution in [0, 0.1) is 5.82 Å². The number of anilines is 2. The minimum Gasteiger partial charge on any atom is -0.407 e. The molecule has 0 saturated carbocycles. The number of nitrogens with zero attached hydrogens (tertiary/aromatic N) is 2. The first kappa shape index (κ1) is 23.3. The first-order valence-electron chi connectivity index (χ1n) is 10.0. The van der Waals surface area contributed by atoms with Gasteiger partial charge in [0.2, 0.25) is 10.0 Å². The second kappa shape index (κ2) is 8.47. The number of hydrogen-bond donors (Lipinski definition) is 2. The van der Waals surface area contributed by atoms with E-state index in [2.05, 4.69) is 5.32 Å². The maximum absolute atomic E-state index is 13.4. The van der Waals surface area contributed by atoms with Gasteiger partial charge in [-0.1, -0.05) is 11.6 Å². The predicted molar refractivity (Wildman–Crippen MR) is 119 cm³/mol. The summed E-state index contributed by atoms with van der Waals surface area (Å²) < 4.78 is 43.5. The summed E-state index contributed by atoms with van der Waals surface area (Å²) in [6.07, 6.45) is 0.417. The van der Waals surface area contributed by atoms with Crippen molar-refractivity contribution in [3.05, 3.63) is 58.4 Å². The molecule has 1 fully saturated rings. The fraction of sp³-hybridized carbons (Fsp3) is 0.333. The van der Waals surface area contributed by atoms with E-state index in [-0.39, 0.29) is 24.5 Å². The van der Waals surface area contributed by atoms with Crippen LogP contribution in [0.4, 0.5) is 20.6 Å². The molecular weight excluding hydrogens is 477 g/mol. The number of fused-ring (bicyclic) bond motifs is 1. The van der Waals surface area contributed by atoms with Gasteiger partial charge >= 0.3 is 6.09 Å². The summed E-state index contributed by atoms with van der Waals surface area (Å²) in [5.41, 5.74) is 2.15. The third-order valence-electron chi connectivity index (χ3n) is 5.50. The molecule has 2 N–H and O–H groups in total. The normalized spacial score (nSPS) is 20.2. The van der Waals surface area contributed by atoms with E-state index in [4.69, 9.17) is 16.3 Å². The number of aliphatic hydroxyl groups is 1. The number of amides is 2. The van der Waals surface area contributed by atoms with E-state index in [1.807, 2.05) is 0 Å². The van der Waals surface area contributed by atoms with Crippen molar-refractivity contribution in [1.82, 2.24) is 5.32 Å². The number of benzene rings is 2. The number of hydrogen-bond acceptors (Lipinski definition) is 6. The Hall–Kier alpha value is -2.89. The van der Waals surface area contributed by atoms with E-state index >= 15 is 0 Å². The lowest BCUT2D eigenvalue weighted by molar-refractivity contribution is -0.175. The molecule has 0 aliphatic carbocycles. The van der Waals surface area contributed by atoms with Crippen LogP contribution in [0.5, 0.6) is 0 Å². The summed E-state index contributed by atoms with van der Waals surface area (Å²) in [6.45, 7) is 0.290. The van der Waals surface area contributed by atoms with Crippen LogP contribution in [0.1, 0.15) is 17.5 Å². The molecule has 33 heavy (non-hydrogen) atoms. The number of ether oxygens (including phenoxy) is 1. The second-order valence-electron chi connectivity index (χ2n) is 7.91. The summed E-state index contributed by atoms with van der Waals surface area (Å²) >= 11 is 5.78. The Bertz CT molecular complexity index is 1220. The molecular formula is C21H21ClFN3O6S. The predicted octanol–water partition coefficient (Wildman–Crippen LogP) is 2.15. The van der Waals surface area contributed by atoms with Gasteiger partial charge in [0, 0.05) is 36.8 Å². The van der Waals surface area contributed by atoms with Crippen LogP contribution in [0.3, 0.4) is 0 Å². The summed E-state index contributed by atoms with van der Waals surface area (Å²) in [5, 5.41) is 13.2. The first-order valence-corrected chi connectivity index (χ1v) is 12.3. The van der Waals surface area contributed by atoms with Gasteiger partial charge < -0.3 is 20.1 Å². The van der Waals surface area contributed by atoms with Crippen LogP contribution in [0.15, 0.2) is 36.4 Å². The largest absolute Gasteiger partial charge is 0.410 e. The van der Waals surface area contributed by atoms with Crippen molar-refractivity contribution >= 4 is 45.0 Å². The van der Waals surface area contributed by atoms with Gasteiger partial charge in [-0.05, 0) is 53.9 Å². The van der Waals surface area contributed by atoms with Gasteiger partial charge in [0.1, 0.15) is 5.82 Å². The zero-order valence-electron chi connectivity index (χ0n) is 17.5. The molecule has 0 bridgehead atoms. The SMILES string of the molecule is CS(=O)(=O)N1CCc2cc(N3CC[C@](O)(OC(=O)NCc4cc(F)cc(Cl)c4)C3=O)ccc21. The number of nitrogens with one attached hydrogen (secondary N) is 1. The highest BCUT2D eigenvalue weighted by Gasteiger charge is 2.49. The molecule has 176 valence electrons. The zero-order chi connectivity index (χ0) is 24.0. The number of halogens is 2. The first-order chi connectivity index (χ1) is 15.5. The van der Waals surface area contributed by atoms with Gasteiger partial charge in [0.25, 0.3) is 11.7 Å². The van der Waals surface area contributed by atoms with Crippen molar-refractivity contribution in [2.45, 2.75) is 25.2 Å². The number of carbonyl (C=O) groups excluding carboxylic acids is 2. The molecule has 0 spiro atoms. The lowest BCUT2D eigenvalue weighted by atomic mass is 10.1. The molecule has 2 amide bonds. The fourth-order valence-electron chi connectivity index (χ4n) is 3.97. The Kier molecular flexibility index (Phi) is 5.97. The molecule has 4 rings (SSSR count). The average molecular weight is 498 g/mol. The smallest absolute Gasteiger partial charge is 0.407 e. The Morgan fingerprint density at radius 2 is 2.03 bits per heavy atom. The molecule has 0 aromatic heterocycles. The van der Waals surface area contributed by atoms with Gasteiger partial charge in [-0.2, -0.15) is 0 Å². The maximum Gasteiger partial charge on any atom is 0.410 e. The highest BCUT2D eigenvalue weighted by atomic mass is 35.5. The van der Waals surface area contributed by atoms with Crippen molar-refractivity contribution in [2.24, 2.45) is 0 Å². The van der Waals surface area contributed by atoms with E-state index in [9.17, 15) is 27.5 Å². The molecule has 1 saturated heterocycles. The monoisotopic (exact) mass is 497 g/mol. The molecule has 0 unspecified atom stereocenters. The Balaban J connectivity index is 1.42. The van der Waals surface area contributed by atoms with Crippen LogP contribution < -0.4 is 14.5 Å². The topological polar surface area (TPSA) is 116 Å². The second-order valence-corrected chi connectivity index (χ2v) is 10.3. The third-order valence-corrected chi connectivity index (χ3v) is 6.90. The molecule has 2 aliphatic rings. The molecule has 0 radical (unpaired) electrons. The summed E-state index contributed by atoms with van der Waals surface area (Å²) in [7, 11) is -3.40. The third kappa shape index (κ3) is 4.75. The molecule has 2 aromatic rings. The molecule has 2 heterocycles. The van der Waals surface area contributed by atoms with Crippen LogP contribution in [0.2, 0.25) is 5.02 Å². The molecule has 9 nitrogen and oxygen atoms in total. The lowest BCUT2D eigenvalue weighted by Crippen LogP contribution is -2.46. The van der Waals surface area contributed by atoms with E-state index in [1.54, 1.807) is 18.2 Å². The van der Waals surface area contributed by atoms with E-state index < -0.39 is 33.6 Å². The minimum absolute atomic E-state index is 0.0939. The number of alkyl carbamates (subject to hydrolysis) is 1. The maximum atomic E-state index is 13.4. The Morgan fingerprint density at radius 3 is 2.73 bits per heavy atom. The van der Waals surface area contributed by atoms with E-state index in [0.29, 0.717) is 29.9 Å². The van der Waals surface area contributed by atoms with Crippen LogP contribution in [0.25, 0.3) is 0 Å². The van der Waals surface area contributed by atoms with Crippen LogP contribution >= 0.6 is 11.6 Å². The van der Waals surface area contributed by atoms with Gasteiger partial charge in [-0.3, -0.25) is 9.10 Å². The highest BCUT2D eigenvalue weighted by Crippen LogP contribution is 2.36. The lowest BCUT2D eigenvalue weighted by Gasteiger charge is -2.23. The quantitative estimate of drug-likeness (QED) is 0.611. The van der Waals surface area contributed by atoms with Gasteiger partial charge in [0.05, 0.1) is 11.9 Å².